The molecule has 0 atom stereocenters. The molecule has 19 heavy (non-hydrogen) atoms. The fourth-order valence-electron chi connectivity index (χ4n) is 1.34. The van der Waals surface area contributed by atoms with Gasteiger partial charge in [-0.2, -0.15) is 13.2 Å². The van der Waals surface area contributed by atoms with E-state index in [1.165, 1.54) is 6.07 Å². The van der Waals surface area contributed by atoms with Crippen molar-refractivity contribution in [3.8, 4) is 0 Å². The first-order valence-electron chi connectivity index (χ1n) is 5.62. The molecule has 0 spiro atoms. The first-order chi connectivity index (χ1) is 8.95. The van der Waals surface area contributed by atoms with E-state index in [9.17, 15) is 13.2 Å². The van der Waals surface area contributed by atoms with E-state index in [2.05, 4.69) is 21.2 Å². The van der Waals surface area contributed by atoms with Crippen LogP contribution in [0.2, 0.25) is 0 Å². The van der Waals surface area contributed by atoms with Gasteiger partial charge >= 0.3 is 6.18 Å². The van der Waals surface area contributed by atoms with Gasteiger partial charge in [0, 0.05) is 23.8 Å². The fraction of sp³-hybridized carbons (Fsp3) is 0.500. The number of anilines is 1. The van der Waals surface area contributed by atoms with E-state index in [-0.39, 0.29) is 0 Å². The molecule has 0 aliphatic rings. The first kappa shape index (κ1) is 16.3. The van der Waals surface area contributed by atoms with E-state index in [0.29, 0.717) is 36.5 Å². The highest BCUT2D eigenvalue weighted by Crippen LogP contribution is 2.33. The molecule has 0 heterocycles. The number of ether oxygens (including phenoxy) is 2. The number of methoxy groups -OCH3 is 1. The third kappa shape index (κ3) is 5.80. The van der Waals surface area contributed by atoms with Crippen LogP contribution in [0.25, 0.3) is 0 Å². The van der Waals surface area contributed by atoms with E-state index >= 15 is 0 Å². The van der Waals surface area contributed by atoms with E-state index in [4.69, 9.17) is 9.47 Å². The molecule has 0 radical (unpaired) electrons. The van der Waals surface area contributed by atoms with Crippen molar-refractivity contribution in [1.82, 2.24) is 0 Å². The quantitative estimate of drug-likeness (QED) is 0.769. The molecule has 0 aromatic heterocycles. The molecule has 1 rings (SSSR count). The summed E-state index contributed by atoms with van der Waals surface area (Å²) in [6, 6.07) is 3.47. The average molecular weight is 342 g/mol. The lowest BCUT2D eigenvalue weighted by Gasteiger charge is -2.12. The van der Waals surface area contributed by atoms with E-state index in [0.717, 1.165) is 12.1 Å². The Kier molecular flexibility index (Phi) is 6.60. The Balaban J connectivity index is 2.49. The third-order valence-corrected chi connectivity index (χ3v) is 2.98. The van der Waals surface area contributed by atoms with Gasteiger partial charge in [-0.05, 0) is 34.1 Å². The van der Waals surface area contributed by atoms with Gasteiger partial charge in [0.1, 0.15) is 0 Å². The third-order valence-electron chi connectivity index (χ3n) is 2.29. The molecular weight excluding hydrogens is 327 g/mol. The maximum Gasteiger partial charge on any atom is 0.416 e. The summed E-state index contributed by atoms with van der Waals surface area (Å²) in [5, 5.41) is 2.89. The zero-order valence-electron chi connectivity index (χ0n) is 10.4. The van der Waals surface area contributed by atoms with Crippen molar-refractivity contribution in [1.29, 1.82) is 0 Å². The highest BCUT2D eigenvalue weighted by atomic mass is 79.9. The minimum absolute atomic E-state index is 0.394. The zero-order chi connectivity index (χ0) is 14.3. The zero-order valence-corrected chi connectivity index (χ0v) is 12.0. The van der Waals surface area contributed by atoms with Gasteiger partial charge in [0.05, 0.1) is 25.4 Å². The molecule has 0 aliphatic heterocycles. The van der Waals surface area contributed by atoms with Gasteiger partial charge in [0.15, 0.2) is 0 Å². The lowest BCUT2D eigenvalue weighted by atomic mass is 10.2. The molecule has 0 aliphatic carbocycles. The topological polar surface area (TPSA) is 30.5 Å². The molecule has 0 saturated carbocycles. The Labute approximate surface area is 118 Å². The van der Waals surface area contributed by atoms with Crippen LogP contribution >= 0.6 is 15.9 Å². The molecular formula is C12H15BrF3NO2. The lowest BCUT2D eigenvalue weighted by Crippen LogP contribution is -2.13. The summed E-state index contributed by atoms with van der Waals surface area (Å²) >= 11 is 3.20. The molecule has 0 amide bonds. The van der Waals surface area contributed by atoms with Crippen LogP contribution in [-0.2, 0) is 15.7 Å². The molecule has 0 unspecified atom stereocenters. The molecule has 0 fully saturated rings. The summed E-state index contributed by atoms with van der Waals surface area (Å²) in [7, 11) is 1.57. The molecule has 108 valence electrons. The monoisotopic (exact) mass is 341 g/mol. The highest BCUT2D eigenvalue weighted by Gasteiger charge is 2.30. The van der Waals surface area contributed by atoms with Crippen LogP contribution in [0.5, 0.6) is 0 Å². The number of hydrogen-bond donors (Lipinski definition) is 1. The van der Waals surface area contributed by atoms with Crippen LogP contribution in [0.4, 0.5) is 18.9 Å². The maximum atomic E-state index is 12.5. The van der Waals surface area contributed by atoms with Crippen molar-refractivity contribution in [2.24, 2.45) is 0 Å². The van der Waals surface area contributed by atoms with Crippen molar-refractivity contribution in [3.63, 3.8) is 0 Å². The lowest BCUT2D eigenvalue weighted by molar-refractivity contribution is -0.137. The van der Waals surface area contributed by atoms with Crippen LogP contribution in [-0.4, -0.2) is 33.5 Å². The van der Waals surface area contributed by atoms with Gasteiger partial charge in [-0.25, -0.2) is 0 Å². The summed E-state index contributed by atoms with van der Waals surface area (Å²) in [5.41, 5.74) is -0.288. The Morgan fingerprint density at radius 3 is 2.58 bits per heavy atom. The van der Waals surface area contributed by atoms with Crippen molar-refractivity contribution >= 4 is 21.6 Å². The number of alkyl halides is 3. The smallest absolute Gasteiger partial charge is 0.382 e. The second-order valence-corrected chi connectivity index (χ2v) is 4.58. The summed E-state index contributed by atoms with van der Waals surface area (Å²) in [6.45, 7) is 1.77. The first-order valence-corrected chi connectivity index (χ1v) is 6.41. The molecule has 1 N–H and O–H groups in total. The Morgan fingerprint density at radius 2 is 1.95 bits per heavy atom. The molecule has 0 bridgehead atoms. The van der Waals surface area contributed by atoms with Crippen LogP contribution in [0.3, 0.4) is 0 Å². The number of rotatable bonds is 7. The van der Waals surface area contributed by atoms with Gasteiger partial charge in [0.2, 0.25) is 0 Å². The van der Waals surface area contributed by atoms with Gasteiger partial charge < -0.3 is 14.8 Å². The van der Waals surface area contributed by atoms with Gasteiger partial charge in [-0.1, -0.05) is 0 Å². The number of halogens is 4. The minimum Gasteiger partial charge on any atom is -0.382 e. The SMILES string of the molecule is COCCOCCNc1cc(C(F)(F)F)ccc1Br. The summed E-state index contributed by atoms with van der Waals surface area (Å²) in [5.74, 6) is 0. The van der Waals surface area contributed by atoms with E-state index in [1.807, 2.05) is 0 Å². The van der Waals surface area contributed by atoms with Crippen LogP contribution in [0.15, 0.2) is 22.7 Å². The largest absolute Gasteiger partial charge is 0.416 e. The summed E-state index contributed by atoms with van der Waals surface area (Å²) in [6.07, 6.45) is -4.34. The average Bonchev–Trinajstić information content (AvgIpc) is 2.34. The minimum atomic E-state index is -4.34. The van der Waals surface area contributed by atoms with Gasteiger partial charge in [0.25, 0.3) is 0 Å². The normalized spacial score (nSPS) is 11.6. The molecule has 7 heteroatoms. The second kappa shape index (κ2) is 7.72. The van der Waals surface area contributed by atoms with Gasteiger partial charge in [-0.3, -0.25) is 0 Å². The Morgan fingerprint density at radius 1 is 1.21 bits per heavy atom. The molecule has 0 saturated heterocycles. The van der Waals surface area contributed by atoms with E-state index < -0.39 is 11.7 Å². The summed E-state index contributed by atoms with van der Waals surface area (Å²) in [4.78, 5) is 0. The molecule has 3 nitrogen and oxygen atoms in total. The number of benzene rings is 1. The highest BCUT2D eigenvalue weighted by molar-refractivity contribution is 9.10. The standard InChI is InChI=1S/C12H15BrF3NO2/c1-18-6-7-19-5-4-17-11-8-9(12(14,15)16)2-3-10(11)13/h2-3,8,17H,4-7H2,1H3. The van der Waals surface area contributed by atoms with Crippen molar-refractivity contribution < 1.29 is 22.6 Å². The predicted octanol–water partition coefficient (Wildman–Crippen LogP) is 3.54. The van der Waals surface area contributed by atoms with Crippen molar-refractivity contribution in [2.75, 3.05) is 38.8 Å². The molecule has 1 aromatic rings. The van der Waals surface area contributed by atoms with Crippen LogP contribution in [0.1, 0.15) is 5.56 Å². The Hall–Kier alpha value is -0.790. The van der Waals surface area contributed by atoms with Crippen molar-refractivity contribution in [2.45, 2.75) is 6.18 Å². The van der Waals surface area contributed by atoms with Crippen molar-refractivity contribution in [3.05, 3.63) is 28.2 Å². The molecule has 1 aromatic carbocycles. The number of hydrogen-bond acceptors (Lipinski definition) is 3. The van der Waals surface area contributed by atoms with Gasteiger partial charge in [-0.15, -0.1) is 0 Å². The summed E-state index contributed by atoms with van der Waals surface area (Å²) < 4.78 is 48.2. The fourth-order valence-corrected chi connectivity index (χ4v) is 1.73. The van der Waals surface area contributed by atoms with E-state index in [1.54, 1.807) is 7.11 Å². The maximum absolute atomic E-state index is 12.5. The predicted molar refractivity (Wildman–Crippen MR) is 70.3 cm³/mol. The van der Waals surface area contributed by atoms with Crippen LogP contribution < -0.4 is 5.32 Å². The second-order valence-electron chi connectivity index (χ2n) is 3.72. The number of nitrogens with one attached hydrogen (secondary N) is 1. The van der Waals surface area contributed by atoms with Crippen LogP contribution in [0, 0.1) is 0 Å². The Bertz CT molecular complexity index is 399.